The highest BCUT2D eigenvalue weighted by Crippen LogP contribution is 2.26. The highest BCUT2D eigenvalue weighted by Gasteiger charge is 2.08. The minimum absolute atomic E-state index is 0.207. The van der Waals surface area contributed by atoms with Gasteiger partial charge in [-0.1, -0.05) is 36.0 Å². The molecule has 94 valence electrons. The molecule has 0 radical (unpaired) electrons. The van der Waals surface area contributed by atoms with Gasteiger partial charge in [-0.15, -0.1) is 11.3 Å². The van der Waals surface area contributed by atoms with Crippen molar-refractivity contribution in [2.24, 2.45) is 0 Å². The quantitative estimate of drug-likeness (QED) is 0.622. The van der Waals surface area contributed by atoms with Crippen molar-refractivity contribution >= 4 is 29.1 Å². The first-order valence-electron chi connectivity index (χ1n) is 5.45. The van der Waals surface area contributed by atoms with E-state index < -0.39 is 0 Å². The van der Waals surface area contributed by atoms with E-state index in [2.05, 4.69) is 4.98 Å². The van der Waals surface area contributed by atoms with Gasteiger partial charge in [-0.25, -0.2) is 4.98 Å². The monoisotopic (exact) mass is 279 g/mol. The number of carbonyl (C=O) groups excluding carboxylic acids is 1. The summed E-state index contributed by atoms with van der Waals surface area (Å²) >= 11 is 3.31. The van der Waals surface area contributed by atoms with Gasteiger partial charge in [-0.05, 0) is 11.1 Å². The summed E-state index contributed by atoms with van der Waals surface area (Å²) in [5.74, 6) is 0.613. The summed E-state index contributed by atoms with van der Waals surface area (Å²) < 4.78 is 5.75. The van der Waals surface area contributed by atoms with Crippen LogP contribution < -0.4 is 0 Å². The number of methoxy groups -OCH3 is 1. The maximum atomic E-state index is 11.3. The third-order valence-electron chi connectivity index (χ3n) is 2.44. The number of rotatable bonds is 5. The topological polar surface area (TPSA) is 39.2 Å². The normalized spacial score (nSPS) is 10.3. The molecule has 0 atom stereocenters. The highest BCUT2D eigenvalue weighted by molar-refractivity contribution is 8.00. The van der Waals surface area contributed by atoms with E-state index in [1.165, 1.54) is 7.11 Å². The molecular weight excluding hydrogens is 266 g/mol. The number of nitrogens with zero attached hydrogens (tertiary/aromatic N) is 1. The predicted molar refractivity (Wildman–Crippen MR) is 73.8 cm³/mol. The van der Waals surface area contributed by atoms with E-state index >= 15 is 0 Å². The zero-order valence-corrected chi connectivity index (χ0v) is 11.6. The lowest BCUT2D eigenvalue weighted by Crippen LogP contribution is -2.06. The Morgan fingerprint density at radius 1 is 1.39 bits per heavy atom. The van der Waals surface area contributed by atoms with Crippen LogP contribution in [0.5, 0.6) is 0 Å². The van der Waals surface area contributed by atoms with Gasteiger partial charge in [0.15, 0.2) is 0 Å². The number of carbonyl (C=O) groups is 1. The van der Waals surface area contributed by atoms with Crippen LogP contribution in [0.25, 0.3) is 0 Å². The lowest BCUT2D eigenvalue weighted by atomic mass is 10.1. The fourth-order valence-electron chi connectivity index (χ4n) is 1.52. The summed E-state index contributed by atoms with van der Waals surface area (Å²) in [7, 11) is 1.41. The average Bonchev–Trinajstić information content (AvgIpc) is 2.91. The molecule has 3 nitrogen and oxygen atoms in total. The van der Waals surface area contributed by atoms with Gasteiger partial charge < -0.3 is 4.74 Å². The van der Waals surface area contributed by atoms with Gasteiger partial charge in [0.1, 0.15) is 4.34 Å². The van der Waals surface area contributed by atoms with E-state index in [1.807, 2.05) is 29.6 Å². The molecule has 18 heavy (non-hydrogen) atoms. The third-order valence-corrected chi connectivity index (χ3v) is 4.46. The number of ether oxygens (including phenoxy) is 1. The van der Waals surface area contributed by atoms with E-state index in [9.17, 15) is 4.79 Å². The van der Waals surface area contributed by atoms with Crippen molar-refractivity contribution in [1.82, 2.24) is 4.98 Å². The first-order valence-corrected chi connectivity index (χ1v) is 7.32. The molecule has 0 aliphatic heterocycles. The molecular formula is C13H13NO2S2. The fraction of sp³-hybridized carbons (Fsp3) is 0.231. The van der Waals surface area contributed by atoms with Crippen LogP contribution in [0.4, 0.5) is 0 Å². The third kappa shape index (κ3) is 3.58. The molecule has 2 aromatic rings. The van der Waals surface area contributed by atoms with Crippen molar-refractivity contribution in [3.63, 3.8) is 0 Å². The van der Waals surface area contributed by atoms with Crippen molar-refractivity contribution in [1.29, 1.82) is 0 Å². The zero-order valence-electron chi connectivity index (χ0n) is 9.96. The van der Waals surface area contributed by atoms with E-state index in [-0.39, 0.29) is 5.97 Å². The Balaban J connectivity index is 2.05. The Morgan fingerprint density at radius 2 is 2.17 bits per heavy atom. The molecule has 0 spiro atoms. The number of thiazole rings is 1. The molecule has 2 rings (SSSR count). The summed E-state index contributed by atoms with van der Waals surface area (Å²) in [6.07, 6.45) is 2.12. The fourth-order valence-corrected chi connectivity index (χ4v) is 3.19. The van der Waals surface area contributed by atoms with Gasteiger partial charge in [0.05, 0.1) is 13.5 Å². The summed E-state index contributed by atoms with van der Waals surface area (Å²) in [5.41, 5.74) is 2.18. The van der Waals surface area contributed by atoms with Crippen LogP contribution in [0.3, 0.4) is 0 Å². The van der Waals surface area contributed by atoms with Crippen molar-refractivity contribution in [2.75, 3.05) is 7.11 Å². The van der Waals surface area contributed by atoms with Crippen LogP contribution in [-0.2, 0) is 21.7 Å². The molecule has 5 heteroatoms. The Morgan fingerprint density at radius 3 is 2.83 bits per heavy atom. The lowest BCUT2D eigenvalue weighted by Gasteiger charge is -2.07. The smallest absolute Gasteiger partial charge is 0.309 e. The maximum Gasteiger partial charge on any atom is 0.309 e. The SMILES string of the molecule is COC(=O)Cc1ccccc1CSc1nccs1. The van der Waals surface area contributed by atoms with Gasteiger partial charge in [0.25, 0.3) is 0 Å². The van der Waals surface area contributed by atoms with Crippen molar-refractivity contribution in [3.8, 4) is 0 Å². The summed E-state index contributed by atoms with van der Waals surface area (Å²) in [6, 6.07) is 7.93. The maximum absolute atomic E-state index is 11.3. The zero-order chi connectivity index (χ0) is 12.8. The Kier molecular flexibility index (Phi) is 4.78. The highest BCUT2D eigenvalue weighted by atomic mass is 32.2. The Bertz CT molecular complexity index is 511. The number of hydrogen-bond acceptors (Lipinski definition) is 5. The van der Waals surface area contributed by atoms with Gasteiger partial charge in [-0.2, -0.15) is 0 Å². The van der Waals surface area contributed by atoms with Crippen LogP contribution in [-0.4, -0.2) is 18.1 Å². The number of hydrogen-bond donors (Lipinski definition) is 0. The molecule has 1 heterocycles. The molecule has 0 unspecified atom stereocenters. The number of thioether (sulfide) groups is 1. The van der Waals surface area contributed by atoms with Gasteiger partial charge in [0.2, 0.25) is 0 Å². The summed E-state index contributed by atoms with van der Waals surface area (Å²) in [5, 5.41) is 1.96. The van der Waals surface area contributed by atoms with Crippen LogP contribution >= 0.6 is 23.1 Å². The van der Waals surface area contributed by atoms with Crippen molar-refractivity contribution < 1.29 is 9.53 Å². The van der Waals surface area contributed by atoms with Crippen molar-refractivity contribution in [3.05, 3.63) is 47.0 Å². The Hall–Kier alpha value is -1.33. The number of benzene rings is 1. The van der Waals surface area contributed by atoms with Crippen LogP contribution in [0, 0.1) is 0 Å². The molecule has 1 aromatic carbocycles. The van der Waals surface area contributed by atoms with E-state index in [0.717, 1.165) is 21.2 Å². The molecule has 0 saturated heterocycles. The molecule has 0 fully saturated rings. The molecule has 0 N–H and O–H groups in total. The molecule has 0 bridgehead atoms. The Labute approximate surface area is 114 Å². The summed E-state index contributed by atoms with van der Waals surface area (Å²) in [4.78, 5) is 15.6. The minimum atomic E-state index is -0.207. The standard InChI is InChI=1S/C13H13NO2S2/c1-16-12(15)8-10-4-2-3-5-11(10)9-18-13-14-6-7-17-13/h2-7H,8-9H2,1H3. The van der Waals surface area contributed by atoms with E-state index in [4.69, 9.17) is 4.74 Å². The molecule has 0 aliphatic carbocycles. The first-order chi connectivity index (χ1) is 8.79. The van der Waals surface area contributed by atoms with E-state index in [0.29, 0.717) is 6.42 Å². The number of esters is 1. The van der Waals surface area contributed by atoms with E-state index in [1.54, 1.807) is 29.3 Å². The molecule has 0 aliphatic rings. The first kappa shape index (κ1) is 13.1. The molecule has 0 amide bonds. The molecule has 0 saturated carbocycles. The average molecular weight is 279 g/mol. The second-order valence-corrected chi connectivity index (χ2v) is 5.73. The largest absolute Gasteiger partial charge is 0.469 e. The summed E-state index contributed by atoms with van der Waals surface area (Å²) in [6.45, 7) is 0. The van der Waals surface area contributed by atoms with Gasteiger partial charge in [0, 0.05) is 17.3 Å². The minimum Gasteiger partial charge on any atom is -0.469 e. The van der Waals surface area contributed by atoms with Crippen molar-refractivity contribution in [2.45, 2.75) is 16.5 Å². The van der Waals surface area contributed by atoms with Gasteiger partial charge in [-0.3, -0.25) is 4.79 Å². The van der Waals surface area contributed by atoms with Gasteiger partial charge >= 0.3 is 5.97 Å². The predicted octanol–water partition coefficient (Wildman–Crippen LogP) is 3.15. The molecule has 1 aromatic heterocycles. The lowest BCUT2D eigenvalue weighted by molar-refractivity contribution is -0.139. The van der Waals surface area contributed by atoms with Crippen LogP contribution in [0.2, 0.25) is 0 Å². The number of aromatic nitrogens is 1. The second kappa shape index (κ2) is 6.56. The van der Waals surface area contributed by atoms with Crippen LogP contribution in [0.1, 0.15) is 11.1 Å². The second-order valence-electron chi connectivity index (χ2n) is 3.61. The van der Waals surface area contributed by atoms with Crippen LogP contribution in [0.15, 0.2) is 40.2 Å².